The first-order valence-corrected chi connectivity index (χ1v) is 7.62. The molecule has 2 aromatic rings. The van der Waals surface area contributed by atoms with Crippen molar-refractivity contribution in [3.63, 3.8) is 0 Å². The lowest BCUT2D eigenvalue weighted by molar-refractivity contribution is 0.276. The van der Waals surface area contributed by atoms with Gasteiger partial charge in [-0.2, -0.15) is 0 Å². The fourth-order valence-electron chi connectivity index (χ4n) is 1.99. The first kappa shape index (κ1) is 15.4. The van der Waals surface area contributed by atoms with Crippen molar-refractivity contribution in [2.75, 3.05) is 5.75 Å². The molecule has 0 fully saturated rings. The fourth-order valence-corrected chi connectivity index (χ4v) is 2.83. The van der Waals surface area contributed by atoms with Gasteiger partial charge in [-0.25, -0.2) is 0 Å². The number of benzene rings is 2. The highest BCUT2D eigenvalue weighted by molar-refractivity contribution is 7.99. The third-order valence-corrected chi connectivity index (χ3v) is 3.86. The van der Waals surface area contributed by atoms with E-state index in [1.165, 1.54) is 0 Å². The largest absolute Gasteiger partial charge is 0.456 e. The van der Waals surface area contributed by atoms with E-state index in [0.29, 0.717) is 22.6 Å². The summed E-state index contributed by atoms with van der Waals surface area (Å²) in [5, 5.41) is 17.2. The maximum atomic E-state index is 9.36. The van der Waals surface area contributed by atoms with Crippen molar-refractivity contribution in [1.29, 1.82) is 5.41 Å². The van der Waals surface area contributed by atoms with Crippen LogP contribution in [-0.2, 0) is 6.61 Å². The summed E-state index contributed by atoms with van der Waals surface area (Å²) in [7, 11) is 0. The molecule has 21 heavy (non-hydrogen) atoms. The van der Waals surface area contributed by atoms with Crippen LogP contribution in [0, 0.1) is 5.41 Å². The average molecular weight is 302 g/mol. The number of nitrogen functional groups attached to an aromatic ring is 1. The summed E-state index contributed by atoms with van der Waals surface area (Å²) in [6.07, 6.45) is 0. The minimum atomic E-state index is -0.102. The summed E-state index contributed by atoms with van der Waals surface area (Å²) in [6.45, 7) is 1.94. The molecule has 0 heterocycles. The van der Waals surface area contributed by atoms with Gasteiger partial charge in [0.2, 0.25) is 0 Å². The molecule has 4 N–H and O–H groups in total. The van der Waals surface area contributed by atoms with Crippen LogP contribution in [0.5, 0.6) is 11.5 Å². The predicted octanol–water partition coefficient (Wildman–Crippen LogP) is 3.37. The van der Waals surface area contributed by atoms with Crippen LogP contribution in [0.2, 0.25) is 0 Å². The Bertz CT molecular complexity index is 644. The number of aliphatic hydroxyl groups excluding tert-OH is 1. The molecule has 2 rings (SSSR count). The van der Waals surface area contributed by atoms with Gasteiger partial charge in [0.15, 0.2) is 0 Å². The molecule has 0 bridgehead atoms. The molecule has 0 aromatic heterocycles. The van der Waals surface area contributed by atoms with Crippen molar-refractivity contribution >= 4 is 17.6 Å². The number of rotatable bonds is 6. The molecular formula is C16H18N2O2S. The standard InChI is InChI=1S/C16H18N2O2S/c1-2-21-14-9-5-8-13(15(14)16(17)18)20-12-7-4-3-6-11(12)10-19/h3-9,19H,2,10H2,1H3,(H3,17,18). The van der Waals surface area contributed by atoms with Crippen molar-refractivity contribution < 1.29 is 9.84 Å². The maximum Gasteiger partial charge on any atom is 0.139 e. The molecule has 4 nitrogen and oxygen atoms in total. The van der Waals surface area contributed by atoms with Crippen molar-refractivity contribution in [3.8, 4) is 11.5 Å². The summed E-state index contributed by atoms with van der Waals surface area (Å²) >= 11 is 1.61. The molecule has 0 unspecified atom stereocenters. The van der Waals surface area contributed by atoms with Gasteiger partial charge in [0, 0.05) is 10.5 Å². The van der Waals surface area contributed by atoms with Crippen LogP contribution in [0.25, 0.3) is 0 Å². The van der Waals surface area contributed by atoms with Gasteiger partial charge in [-0.15, -0.1) is 11.8 Å². The molecule has 0 aliphatic carbocycles. The smallest absolute Gasteiger partial charge is 0.139 e. The van der Waals surface area contributed by atoms with Crippen LogP contribution in [0.3, 0.4) is 0 Å². The predicted molar refractivity (Wildman–Crippen MR) is 86.3 cm³/mol. The second-order valence-corrected chi connectivity index (χ2v) is 5.65. The molecule has 0 atom stereocenters. The minimum absolute atomic E-state index is 0.0250. The van der Waals surface area contributed by atoms with Crippen LogP contribution >= 0.6 is 11.8 Å². The number of aliphatic hydroxyl groups is 1. The van der Waals surface area contributed by atoms with Crippen LogP contribution in [0.15, 0.2) is 47.4 Å². The van der Waals surface area contributed by atoms with Crippen LogP contribution < -0.4 is 10.5 Å². The monoisotopic (exact) mass is 302 g/mol. The minimum Gasteiger partial charge on any atom is -0.456 e. The summed E-state index contributed by atoms with van der Waals surface area (Å²) in [6, 6.07) is 12.9. The molecule has 5 heteroatoms. The topological polar surface area (TPSA) is 79.3 Å². The summed E-state index contributed by atoms with van der Waals surface area (Å²) in [5.74, 6) is 1.96. The second-order valence-electron chi connectivity index (χ2n) is 4.34. The number of thioether (sulfide) groups is 1. The second kappa shape index (κ2) is 7.15. The van der Waals surface area contributed by atoms with Crippen molar-refractivity contribution in [2.45, 2.75) is 18.4 Å². The zero-order valence-electron chi connectivity index (χ0n) is 11.8. The highest BCUT2D eigenvalue weighted by atomic mass is 32.2. The van der Waals surface area contributed by atoms with Gasteiger partial charge in [0.25, 0.3) is 0 Å². The lowest BCUT2D eigenvalue weighted by Crippen LogP contribution is -2.14. The number of nitrogens with one attached hydrogen (secondary N) is 1. The first-order chi connectivity index (χ1) is 10.2. The number of ether oxygens (including phenoxy) is 1. The van der Waals surface area contributed by atoms with E-state index in [4.69, 9.17) is 15.9 Å². The lowest BCUT2D eigenvalue weighted by atomic mass is 10.1. The summed E-state index contributed by atoms with van der Waals surface area (Å²) < 4.78 is 5.89. The normalized spacial score (nSPS) is 10.4. The highest BCUT2D eigenvalue weighted by Crippen LogP contribution is 2.33. The molecule has 0 aliphatic heterocycles. The van der Waals surface area contributed by atoms with Gasteiger partial charge in [0.1, 0.15) is 17.3 Å². The van der Waals surface area contributed by atoms with Gasteiger partial charge in [-0.3, -0.25) is 5.41 Å². The Labute approximate surface area is 128 Å². The number of hydrogen-bond acceptors (Lipinski definition) is 4. The number of amidine groups is 1. The van der Waals surface area contributed by atoms with Crippen LogP contribution in [0.1, 0.15) is 18.1 Å². The van der Waals surface area contributed by atoms with Crippen molar-refractivity contribution in [3.05, 3.63) is 53.6 Å². The Morgan fingerprint density at radius 2 is 1.90 bits per heavy atom. The van der Waals surface area contributed by atoms with E-state index in [9.17, 15) is 5.11 Å². The van der Waals surface area contributed by atoms with E-state index < -0.39 is 0 Å². The molecule has 0 aliphatic rings. The van der Waals surface area contributed by atoms with E-state index in [2.05, 4.69) is 0 Å². The third kappa shape index (κ3) is 3.56. The van der Waals surface area contributed by atoms with E-state index in [0.717, 1.165) is 10.6 Å². The molecule has 0 amide bonds. The SMILES string of the molecule is CCSc1cccc(Oc2ccccc2CO)c1C(=N)N. The Hall–Kier alpha value is -1.98. The Balaban J connectivity index is 2.44. The Kier molecular flexibility index (Phi) is 5.25. The Morgan fingerprint density at radius 3 is 2.57 bits per heavy atom. The first-order valence-electron chi connectivity index (χ1n) is 6.64. The summed E-state index contributed by atoms with van der Waals surface area (Å²) in [4.78, 5) is 0.920. The lowest BCUT2D eigenvalue weighted by Gasteiger charge is -2.15. The van der Waals surface area contributed by atoms with Crippen molar-refractivity contribution in [2.24, 2.45) is 5.73 Å². The van der Waals surface area contributed by atoms with E-state index in [-0.39, 0.29) is 12.4 Å². The zero-order valence-corrected chi connectivity index (χ0v) is 12.6. The van der Waals surface area contributed by atoms with Gasteiger partial charge >= 0.3 is 0 Å². The number of hydrogen-bond donors (Lipinski definition) is 3. The molecule has 0 radical (unpaired) electrons. The summed E-state index contributed by atoms with van der Waals surface area (Å²) in [5.41, 5.74) is 7.00. The third-order valence-electron chi connectivity index (χ3n) is 2.92. The molecular weight excluding hydrogens is 284 g/mol. The molecule has 2 aromatic carbocycles. The highest BCUT2D eigenvalue weighted by Gasteiger charge is 2.14. The number of para-hydroxylation sites is 1. The van der Waals surface area contributed by atoms with Gasteiger partial charge in [-0.1, -0.05) is 31.2 Å². The van der Waals surface area contributed by atoms with Gasteiger partial charge in [-0.05, 0) is 24.0 Å². The van der Waals surface area contributed by atoms with Crippen LogP contribution in [-0.4, -0.2) is 16.7 Å². The van der Waals surface area contributed by atoms with E-state index in [1.807, 2.05) is 31.2 Å². The molecule has 0 saturated carbocycles. The Morgan fingerprint density at radius 1 is 1.19 bits per heavy atom. The molecule has 0 saturated heterocycles. The number of nitrogens with two attached hydrogens (primary N) is 1. The maximum absolute atomic E-state index is 9.36. The average Bonchev–Trinajstić information content (AvgIpc) is 2.48. The molecule has 0 spiro atoms. The van der Waals surface area contributed by atoms with Crippen molar-refractivity contribution in [1.82, 2.24) is 0 Å². The zero-order chi connectivity index (χ0) is 15.2. The van der Waals surface area contributed by atoms with Gasteiger partial charge in [0.05, 0.1) is 12.2 Å². The fraction of sp³-hybridized carbons (Fsp3) is 0.188. The van der Waals surface area contributed by atoms with Crippen LogP contribution in [0.4, 0.5) is 0 Å². The molecule has 110 valence electrons. The van der Waals surface area contributed by atoms with E-state index in [1.54, 1.807) is 30.0 Å². The van der Waals surface area contributed by atoms with E-state index >= 15 is 0 Å². The quantitative estimate of drug-likeness (QED) is 0.434. The van der Waals surface area contributed by atoms with Gasteiger partial charge < -0.3 is 15.6 Å².